The summed E-state index contributed by atoms with van der Waals surface area (Å²) in [6.07, 6.45) is 4.46. The second-order valence-corrected chi connectivity index (χ2v) is 8.56. The molecule has 7 nitrogen and oxygen atoms in total. The number of fused-ring (bicyclic) bond motifs is 3. The number of hydrogen-bond donors (Lipinski definition) is 0. The molecule has 0 spiro atoms. The SMILES string of the molecule is Cc1nc(CN2CCN(C(=O)COc3ccc4oc5c(c4c3)CCCC5)CC2)oc1C. The van der Waals surface area contributed by atoms with Crippen molar-refractivity contribution in [3.8, 4) is 5.75 Å². The number of piperazine rings is 1. The number of hydrogen-bond acceptors (Lipinski definition) is 6. The van der Waals surface area contributed by atoms with Gasteiger partial charge in [0.15, 0.2) is 6.61 Å². The van der Waals surface area contributed by atoms with Crippen LogP contribution in [0.3, 0.4) is 0 Å². The van der Waals surface area contributed by atoms with Gasteiger partial charge in [0.05, 0.1) is 12.2 Å². The van der Waals surface area contributed by atoms with Gasteiger partial charge >= 0.3 is 0 Å². The zero-order chi connectivity index (χ0) is 21.4. The Hall–Kier alpha value is -2.80. The quantitative estimate of drug-likeness (QED) is 0.624. The van der Waals surface area contributed by atoms with Crippen LogP contribution in [-0.2, 0) is 24.2 Å². The number of amides is 1. The molecule has 164 valence electrons. The van der Waals surface area contributed by atoms with Gasteiger partial charge in [0.1, 0.15) is 22.9 Å². The summed E-state index contributed by atoms with van der Waals surface area (Å²) in [5.74, 6) is 3.48. The van der Waals surface area contributed by atoms with E-state index in [1.807, 2.05) is 36.9 Å². The van der Waals surface area contributed by atoms with Crippen molar-refractivity contribution in [3.63, 3.8) is 0 Å². The van der Waals surface area contributed by atoms with Crippen LogP contribution < -0.4 is 4.74 Å². The second kappa shape index (κ2) is 8.38. The Morgan fingerprint density at radius 2 is 1.90 bits per heavy atom. The molecule has 1 fully saturated rings. The van der Waals surface area contributed by atoms with Crippen molar-refractivity contribution >= 4 is 16.9 Å². The number of carbonyl (C=O) groups excluding carboxylic acids is 1. The molecular formula is C24H29N3O4. The molecule has 0 unspecified atom stereocenters. The van der Waals surface area contributed by atoms with Gasteiger partial charge in [0, 0.05) is 43.5 Å². The fourth-order valence-corrected chi connectivity index (χ4v) is 4.52. The number of benzene rings is 1. The van der Waals surface area contributed by atoms with E-state index in [1.54, 1.807) is 0 Å². The van der Waals surface area contributed by atoms with Gasteiger partial charge in [-0.05, 0) is 51.3 Å². The third kappa shape index (κ3) is 4.19. The number of ether oxygens (including phenoxy) is 1. The summed E-state index contributed by atoms with van der Waals surface area (Å²) in [6.45, 7) is 7.62. The maximum absolute atomic E-state index is 12.7. The van der Waals surface area contributed by atoms with E-state index in [9.17, 15) is 4.79 Å². The van der Waals surface area contributed by atoms with Crippen molar-refractivity contribution in [2.45, 2.75) is 46.1 Å². The molecule has 1 aliphatic heterocycles. The number of furan rings is 1. The molecule has 7 heteroatoms. The summed E-state index contributed by atoms with van der Waals surface area (Å²) < 4.78 is 17.5. The van der Waals surface area contributed by atoms with Crippen molar-refractivity contribution < 1.29 is 18.4 Å². The minimum atomic E-state index is 0.0248. The maximum atomic E-state index is 12.7. The van der Waals surface area contributed by atoms with Gasteiger partial charge in [0.2, 0.25) is 5.89 Å². The van der Waals surface area contributed by atoms with Gasteiger partial charge in [0.25, 0.3) is 5.91 Å². The summed E-state index contributed by atoms with van der Waals surface area (Å²) in [5, 5.41) is 1.13. The smallest absolute Gasteiger partial charge is 0.260 e. The van der Waals surface area contributed by atoms with Crippen LogP contribution in [-0.4, -0.2) is 53.5 Å². The highest BCUT2D eigenvalue weighted by molar-refractivity contribution is 5.84. The number of aromatic nitrogens is 1. The van der Waals surface area contributed by atoms with E-state index < -0.39 is 0 Å². The Morgan fingerprint density at radius 3 is 2.68 bits per heavy atom. The number of carbonyl (C=O) groups is 1. The van der Waals surface area contributed by atoms with E-state index >= 15 is 0 Å². The number of aryl methyl sites for hydroxylation is 4. The molecule has 3 aromatic rings. The molecule has 0 N–H and O–H groups in total. The molecule has 1 amide bonds. The van der Waals surface area contributed by atoms with Crippen molar-refractivity contribution in [2.24, 2.45) is 0 Å². The summed E-state index contributed by atoms with van der Waals surface area (Å²) in [7, 11) is 0. The first-order valence-corrected chi connectivity index (χ1v) is 11.2. The third-order valence-corrected chi connectivity index (χ3v) is 6.45. The Bertz CT molecular complexity index is 1070. The summed E-state index contributed by atoms with van der Waals surface area (Å²) in [5.41, 5.74) is 3.17. The van der Waals surface area contributed by atoms with Crippen LogP contribution in [0.25, 0.3) is 11.0 Å². The van der Waals surface area contributed by atoms with E-state index in [4.69, 9.17) is 13.6 Å². The van der Waals surface area contributed by atoms with Gasteiger partial charge < -0.3 is 18.5 Å². The van der Waals surface area contributed by atoms with E-state index in [0.29, 0.717) is 19.6 Å². The molecule has 2 aliphatic rings. The molecule has 0 saturated carbocycles. The lowest BCUT2D eigenvalue weighted by Gasteiger charge is -2.34. The van der Waals surface area contributed by atoms with Gasteiger partial charge in [-0.2, -0.15) is 0 Å². The minimum Gasteiger partial charge on any atom is -0.484 e. The number of nitrogens with zero attached hydrogens (tertiary/aromatic N) is 3. The average Bonchev–Trinajstić information content (AvgIpc) is 3.31. The van der Waals surface area contributed by atoms with Gasteiger partial charge in [-0.15, -0.1) is 0 Å². The predicted molar refractivity (Wildman–Crippen MR) is 116 cm³/mol. The third-order valence-electron chi connectivity index (χ3n) is 6.45. The number of oxazole rings is 1. The highest BCUT2D eigenvalue weighted by Crippen LogP contribution is 2.34. The van der Waals surface area contributed by atoms with Crippen molar-refractivity contribution in [1.82, 2.24) is 14.8 Å². The molecule has 1 aromatic carbocycles. The van der Waals surface area contributed by atoms with Crippen LogP contribution in [0.1, 0.15) is 41.5 Å². The normalized spacial score (nSPS) is 17.2. The minimum absolute atomic E-state index is 0.0248. The number of rotatable bonds is 5. The predicted octanol–water partition coefficient (Wildman–Crippen LogP) is 3.64. The van der Waals surface area contributed by atoms with E-state index in [-0.39, 0.29) is 12.5 Å². The molecule has 1 aliphatic carbocycles. The standard InChI is InChI=1S/C24H29N3O4/c1-16-17(2)30-23(25-16)14-26-9-11-27(12-10-26)24(28)15-29-18-7-8-22-20(13-18)19-5-3-4-6-21(19)31-22/h7-8,13H,3-6,9-12,14-15H2,1-2H3. The van der Waals surface area contributed by atoms with Gasteiger partial charge in [-0.25, -0.2) is 4.98 Å². The molecule has 0 atom stereocenters. The lowest BCUT2D eigenvalue weighted by molar-refractivity contribution is -0.135. The van der Waals surface area contributed by atoms with Crippen molar-refractivity contribution in [3.05, 3.63) is 46.9 Å². The molecule has 1 saturated heterocycles. The molecular weight excluding hydrogens is 394 g/mol. The van der Waals surface area contributed by atoms with Crippen LogP contribution in [0.15, 0.2) is 27.0 Å². The lowest BCUT2D eigenvalue weighted by atomic mass is 9.96. The highest BCUT2D eigenvalue weighted by Gasteiger charge is 2.23. The first-order valence-electron chi connectivity index (χ1n) is 11.2. The Kier molecular flexibility index (Phi) is 5.44. The first-order chi connectivity index (χ1) is 15.1. The largest absolute Gasteiger partial charge is 0.484 e. The van der Waals surface area contributed by atoms with Crippen LogP contribution in [0.5, 0.6) is 5.75 Å². The molecule has 0 radical (unpaired) electrons. The summed E-state index contributed by atoms with van der Waals surface area (Å²) in [4.78, 5) is 21.3. The van der Waals surface area contributed by atoms with E-state index in [1.165, 1.54) is 18.4 Å². The van der Waals surface area contributed by atoms with Crippen molar-refractivity contribution in [1.29, 1.82) is 0 Å². The lowest BCUT2D eigenvalue weighted by Crippen LogP contribution is -2.49. The fraction of sp³-hybridized carbons (Fsp3) is 0.500. The van der Waals surface area contributed by atoms with Crippen LogP contribution >= 0.6 is 0 Å². The summed E-state index contributed by atoms with van der Waals surface area (Å²) >= 11 is 0. The molecule has 3 heterocycles. The van der Waals surface area contributed by atoms with Crippen LogP contribution in [0, 0.1) is 13.8 Å². The molecule has 2 aromatic heterocycles. The zero-order valence-electron chi connectivity index (χ0n) is 18.3. The second-order valence-electron chi connectivity index (χ2n) is 8.56. The first kappa shape index (κ1) is 20.1. The zero-order valence-corrected chi connectivity index (χ0v) is 18.3. The van der Waals surface area contributed by atoms with Crippen LogP contribution in [0.2, 0.25) is 0 Å². The van der Waals surface area contributed by atoms with E-state index in [2.05, 4.69) is 9.88 Å². The van der Waals surface area contributed by atoms with Crippen molar-refractivity contribution in [2.75, 3.05) is 32.8 Å². The van der Waals surface area contributed by atoms with Crippen LogP contribution in [0.4, 0.5) is 0 Å². The van der Waals surface area contributed by atoms with Gasteiger partial charge in [-0.1, -0.05) is 0 Å². The summed E-state index contributed by atoms with van der Waals surface area (Å²) in [6, 6.07) is 5.87. The topological polar surface area (TPSA) is 72.0 Å². The van der Waals surface area contributed by atoms with E-state index in [0.717, 1.165) is 65.8 Å². The maximum Gasteiger partial charge on any atom is 0.260 e. The Morgan fingerprint density at radius 1 is 1.10 bits per heavy atom. The Labute approximate surface area is 182 Å². The molecule has 31 heavy (non-hydrogen) atoms. The average molecular weight is 424 g/mol. The Balaban J connectivity index is 1.14. The van der Waals surface area contributed by atoms with Gasteiger partial charge in [-0.3, -0.25) is 9.69 Å². The monoisotopic (exact) mass is 423 g/mol. The fourth-order valence-electron chi connectivity index (χ4n) is 4.52. The molecule has 0 bridgehead atoms. The highest BCUT2D eigenvalue weighted by atomic mass is 16.5. The molecule has 5 rings (SSSR count).